The van der Waals surface area contributed by atoms with Crippen LogP contribution in [0.2, 0.25) is 0 Å². The molecular weight excluding hydrogens is 528 g/mol. The Morgan fingerprint density at radius 3 is 2.42 bits per heavy atom. The van der Waals surface area contributed by atoms with Gasteiger partial charge in [0.1, 0.15) is 23.4 Å². The first kappa shape index (κ1) is 24.4. The topological polar surface area (TPSA) is 98.2 Å². The van der Waals surface area contributed by atoms with Gasteiger partial charge in [-0.1, -0.05) is 54.6 Å². The molecule has 9 heteroatoms. The van der Waals surface area contributed by atoms with Crippen LogP contribution >= 0.6 is 15.9 Å². The van der Waals surface area contributed by atoms with Crippen molar-refractivity contribution in [2.24, 2.45) is 0 Å². The number of pyridine rings is 1. The largest absolute Gasteiger partial charge is 0.480 e. The minimum absolute atomic E-state index is 0.0618. The Hall–Kier alpha value is -3.27. The van der Waals surface area contributed by atoms with Gasteiger partial charge in [-0.15, -0.1) is 0 Å². The fourth-order valence-electron chi connectivity index (χ4n) is 4.88. The summed E-state index contributed by atoms with van der Waals surface area (Å²) in [6.07, 6.45) is 1.09. The summed E-state index contributed by atoms with van der Waals surface area (Å²) in [5.41, 5.74) is 3.98. The lowest BCUT2D eigenvalue weighted by Crippen LogP contribution is -2.47. The average molecular weight is 553 g/mol. The first-order valence-corrected chi connectivity index (χ1v) is 12.4. The highest BCUT2D eigenvalue weighted by Crippen LogP contribution is 2.44. The molecule has 1 aromatic heterocycles. The first-order valence-electron chi connectivity index (χ1n) is 11.6. The monoisotopic (exact) mass is 552 g/mol. The molecule has 1 aliphatic heterocycles. The van der Waals surface area contributed by atoms with Crippen LogP contribution in [-0.2, 0) is 24.6 Å². The van der Waals surface area contributed by atoms with Crippen LogP contribution in [0.15, 0.2) is 71.5 Å². The van der Waals surface area contributed by atoms with Gasteiger partial charge in [0.2, 0.25) is 0 Å². The quantitative estimate of drug-likeness (QED) is 0.452. The van der Waals surface area contributed by atoms with Gasteiger partial charge in [-0.3, -0.25) is 0 Å². The van der Waals surface area contributed by atoms with Gasteiger partial charge in [0.25, 0.3) is 0 Å². The van der Waals surface area contributed by atoms with Crippen molar-refractivity contribution in [3.05, 3.63) is 88.2 Å². The third-order valence-electron chi connectivity index (χ3n) is 6.61. The number of aliphatic carboxylic acids is 1. The average Bonchev–Trinajstić information content (AvgIpc) is 3.04. The summed E-state index contributed by atoms with van der Waals surface area (Å²) in [6, 6.07) is 19.8. The molecule has 0 bridgehead atoms. The normalized spacial score (nSPS) is 19.3. The Labute approximate surface area is 216 Å². The number of carbonyl (C=O) groups is 2. The lowest BCUT2D eigenvalue weighted by molar-refractivity contribution is -0.155. The fourth-order valence-corrected chi connectivity index (χ4v) is 5.11. The molecule has 0 saturated carbocycles. The van der Waals surface area contributed by atoms with E-state index in [2.05, 4.69) is 45.2 Å². The molecule has 3 aromatic rings. The van der Waals surface area contributed by atoms with E-state index >= 15 is 0 Å². The second kappa shape index (κ2) is 10.4. The maximum absolute atomic E-state index is 13.3. The van der Waals surface area contributed by atoms with E-state index < -0.39 is 24.3 Å². The number of fused-ring (bicyclic) bond motifs is 3. The van der Waals surface area contributed by atoms with Gasteiger partial charge >= 0.3 is 12.1 Å². The summed E-state index contributed by atoms with van der Waals surface area (Å²) in [6.45, 7) is 0.354. The van der Waals surface area contributed by atoms with E-state index in [1.165, 1.54) is 4.90 Å². The van der Waals surface area contributed by atoms with Crippen molar-refractivity contribution in [2.75, 3.05) is 39.5 Å². The summed E-state index contributed by atoms with van der Waals surface area (Å²) in [4.78, 5) is 30.4. The van der Waals surface area contributed by atoms with Gasteiger partial charge in [-0.25, -0.2) is 14.6 Å². The van der Waals surface area contributed by atoms with Crippen LogP contribution in [-0.4, -0.2) is 66.6 Å². The van der Waals surface area contributed by atoms with E-state index in [-0.39, 0.29) is 32.3 Å². The van der Waals surface area contributed by atoms with E-state index in [0.29, 0.717) is 16.7 Å². The molecule has 1 N–H and O–H groups in total. The molecule has 0 spiro atoms. The third-order valence-corrected chi connectivity index (χ3v) is 7.08. The number of hydrogen-bond donors (Lipinski definition) is 1. The maximum atomic E-state index is 13.3. The smallest absolute Gasteiger partial charge is 0.409 e. The number of halogens is 1. The van der Waals surface area contributed by atoms with Gasteiger partial charge in [0, 0.05) is 24.2 Å². The lowest BCUT2D eigenvalue weighted by atomic mass is 9.95. The van der Waals surface area contributed by atoms with Crippen molar-refractivity contribution in [1.82, 2.24) is 9.88 Å². The highest BCUT2D eigenvalue weighted by Gasteiger charge is 2.41. The number of rotatable bonds is 6. The zero-order chi connectivity index (χ0) is 25.1. The third kappa shape index (κ3) is 4.86. The number of carboxylic acid groups (broad SMARTS) is 1. The Kier molecular flexibility index (Phi) is 7.04. The van der Waals surface area contributed by atoms with Crippen LogP contribution in [0.1, 0.15) is 22.6 Å². The van der Waals surface area contributed by atoms with Crippen LogP contribution in [0.3, 0.4) is 0 Å². The number of carbonyl (C=O) groups excluding carboxylic acids is 1. The second-order valence-corrected chi connectivity index (χ2v) is 9.64. The van der Waals surface area contributed by atoms with Crippen molar-refractivity contribution in [3.63, 3.8) is 0 Å². The van der Waals surface area contributed by atoms with E-state index in [9.17, 15) is 14.7 Å². The molecule has 1 amide bonds. The van der Waals surface area contributed by atoms with Crippen molar-refractivity contribution in [2.45, 2.75) is 11.5 Å². The molecule has 186 valence electrons. The number of carboxylic acids is 1. The Balaban J connectivity index is 1.36. The van der Waals surface area contributed by atoms with E-state index in [4.69, 9.17) is 14.2 Å². The van der Waals surface area contributed by atoms with Crippen LogP contribution in [0.25, 0.3) is 11.1 Å². The van der Waals surface area contributed by atoms with Gasteiger partial charge in [0.05, 0.1) is 19.8 Å². The lowest BCUT2D eigenvalue weighted by Gasteiger charge is -2.35. The van der Waals surface area contributed by atoms with E-state index in [0.717, 1.165) is 22.3 Å². The number of ether oxygens (including phenoxy) is 3. The standard InChI is InChI=1S/C27H25BrN2O6/c28-24-10-9-18(13-29-24)27(36-15-25(31)32)16-30(11-12-34-17-27)26(33)35-14-23-21-7-3-1-5-19(21)20-6-2-4-8-22(20)23/h1-10,13,23H,11-12,14-17H2,(H,31,32). The molecule has 2 aliphatic rings. The molecule has 1 fully saturated rings. The summed E-state index contributed by atoms with van der Waals surface area (Å²) < 4.78 is 18.1. The number of amides is 1. The second-order valence-electron chi connectivity index (χ2n) is 8.82. The summed E-state index contributed by atoms with van der Waals surface area (Å²) in [5.74, 6) is -1.18. The number of aromatic nitrogens is 1. The maximum Gasteiger partial charge on any atom is 0.409 e. The van der Waals surface area contributed by atoms with Crippen molar-refractivity contribution in [1.29, 1.82) is 0 Å². The Morgan fingerprint density at radius 2 is 1.78 bits per heavy atom. The Morgan fingerprint density at radius 1 is 1.08 bits per heavy atom. The highest BCUT2D eigenvalue weighted by atomic mass is 79.9. The van der Waals surface area contributed by atoms with Gasteiger partial charge < -0.3 is 24.2 Å². The van der Waals surface area contributed by atoms with Crippen LogP contribution in [0.5, 0.6) is 0 Å². The molecule has 5 rings (SSSR count). The molecule has 1 saturated heterocycles. The van der Waals surface area contributed by atoms with Crippen molar-refractivity contribution < 1.29 is 28.9 Å². The zero-order valence-electron chi connectivity index (χ0n) is 19.4. The van der Waals surface area contributed by atoms with Crippen molar-refractivity contribution in [3.8, 4) is 11.1 Å². The SMILES string of the molecule is O=C(O)COC1(c2ccc(Br)nc2)COCCN(C(=O)OCC2c3ccccc3-c3ccccc32)C1. The Bertz CT molecular complexity index is 1220. The van der Waals surface area contributed by atoms with Crippen LogP contribution in [0, 0.1) is 0 Å². The predicted octanol–water partition coefficient (Wildman–Crippen LogP) is 4.42. The van der Waals surface area contributed by atoms with Crippen LogP contribution < -0.4 is 0 Å². The van der Waals surface area contributed by atoms with Gasteiger partial charge in [-0.05, 0) is 44.3 Å². The summed E-state index contributed by atoms with van der Waals surface area (Å²) >= 11 is 3.31. The zero-order valence-corrected chi connectivity index (χ0v) is 21.0. The molecule has 1 atom stereocenters. The van der Waals surface area contributed by atoms with Crippen LogP contribution in [0.4, 0.5) is 4.79 Å². The highest BCUT2D eigenvalue weighted by molar-refractivity contribution is 9.10. The van der Waals surface area contributed by atoms with Crippen molar-refractivity contribution >= 4 is 28.0 Å². The first-order chi connectivity index (χ1) is 17.5. The molecule has 2 aromatic carbocycles. The van der Waals surface area contributed by atoms with E-state index in [1.54, 1.807) is 18.3 Å². The predicted molar refractivity (Wildman–Crippen MR) is 135 cm³/mol. The minimum atomic E-state index is -1.20. The fraction of sp³-hybridized carbons (Fsp3) is 0.296. The molecule has 8 nitrogen and oxygen atoms in total. The number of nitrogens with zero attached hydrogens (tertiary/aromatic N) is 2. The number of hydrogen-bond acceptors (Lipinski definition) is 6. The summed E-state index contributed by atoms with van der Waals surface area (Å²) in [7, 11) is 0. The summed E-state index contributed by atoms with van der Waals surface area (Å²) in [5, 5.41) is 9.27. The molecule has 2 heterocycles. The molecule has 1 aliphatic carbocycles. The van der Waals surface area contributed by atoms with Gasteiger partial charge in [0.15, 0.2) is 0 Å². The van der Waals surface area contributed by atoms with Gasteiger partial charge in [-0.2, -0.15) is 0 Å². The molecule has 36 heavy (non-hydrogen) atoms. The van der Waals surface area contributed by atoms with E-state index in [1.807, 2.05) is 24.3 Å². The number of benzene rings is 2. The molecule has 0 radical (unpaired) electrons. The minimum Gasteiger partial charge on any atom is -0.480 e. The molecule has 1 unspecified atom stereocenters. The molecular formula is C27H25BrN2O6.